The second-order valence-electron chi connectivity index (χ2n) is 7.11. The maximum atomic E-state index is 12.7. The number of rotatable bonds is 6. The lowest BCUT2D eigenvalue weighted by atomic mass is 9.93. The number of nitrogens with zero attached hydrogens (tertiary/aromatic N) is 6. The van der Waals surface area contributed by atoms with Crippen LogP contribution in [0.2, 0.25) is 0 Å². The molecule has 146 valence electrons. The van der Waals surface area contributed by atoms with Gasteiger partial charge in [-0.1, -0.05) is 5.16 Å². The third-order valence-electron chi connectivity index (χ3n) is 5.16. The van der Waals surface area contributed by atoms with Crippen molar-refractivity contribution in [3.63, 3.8) is 0 Å². The summed E-state index contributed by atoms with van der Waals surface area (Å²) in [6.07, 6.45) is 9.06. The molecule has 1 aliphatic rings. The Morgan fingerprint density at radius 3 is 2.93 bits per heavy atom. The average Bonchev–Trinajstić information content (AvgIpc) is 3.42. The number of aryl methyl sites for hydroxylation is 2. The minimum Gasteiger partial charge on any atom is -0.337 e. The molecular formula is C20H24N6O2. The minimum atomic E-state index is 0.0245. The molecule has 1 saturated heterocycles. The highest BCUT2D eigenvalue weighted by atomic mass is 16.5. The number of carbonyl (C=O) groups is 1. The predicted octanol–water partition coefficient (Wildman–Crippen LogP) is 2.83. The van der Waals surface area contributed by atoms with E-state index >= 15 is 0 Å². The van der Waals surface area contributed by atoms with Gasteiger partial charge in [-0.05, 0) is 50.3 Å². The molecule has 0 aliphatic carbocycles. The Balaban J connectivity index is 1.33. The van der Waals surface area contributed by atoms with Crippen molar-refractivity contribution >= 4 is 5.91 Å². The summed E-state index contributed by atoms with van der Waals surface area (Å²) in [4.78, 5) is 23.1. The molecule has 0 saturated carbocycles. The largest absolute Gasteiger partial charge is 0.337 e. The van der Waals surface area contributed by atoms with Crippen LogP contribution in [0.25, 0.3) is 11.5 Å². The molecule has 0 spiro atoms. The molecule has 1 fully saturated rings. The summed E-state index contributed by atoms with van der Waals surface area (Å²) in [7, 11) is 0. The van der Waals surface area contributed by atoms with Gasteiger partial charge < -0.3 is 9.42 Å². The van der Waals surface area contributed by atoms with Gasteiger partial charge in [0.15, 0.2) is 5.82 Å². The second kappa shape index (κ2) is 8.33. The van der Waals surface area contributed by atoms with E-state index in [1.807, 2.05) is 30.2 Å². The van der Waals surface area contributed by atoms with Crippen molar-refractivity contribution < 1.29 is 9.32 Å². The average molecular weight is 380 g/mol. The van der Waals surface area contributed by atoms with Crippen molar-refractivity contribution in [2.24, 2.45) is 5.92 Å². The summed E-state index contributed by atoms with van der Waals surface area (Å²) in [5.41, 5.74) is 1.40. The van der Waals surface area contributed by atoms with Crippen LogP contribution in [0.15, 0.2) is 41.3 Å². The molecule has 4 heterocycles. The molecule has 0 aromatic carbocycles. The monoisotopic (exact) mass is 380 g/mol. The maximum absolute atomic E-state index is 12.7. The molecule has 3 aromatic rings. The van der Waals surface area contributed by atoms with Crippen LogP contribution in [0, 0.1) is 5.92 Å². The van der Waals surface area contributed by atoms with Gasteiger partial charge in [0.1, 0.15) is 5.69 Å². The lowest BCUT2D eigenvalue weighted by molar-refractivity contribution is 0.0661. The summed E-state index contributed by atoms with van der Waals surface area (Å²) >= 11 is 0. The van der Waals surface area contributed by atoms with Crippen LogP contribution in [-0.2, 0) is 13.0 Å². The Kier molecular flexibility index (Phi) is 5.45. The van der Waals surface area contributed by atoms with Crippen molar-refractivity contribution in [1.82, 2.24) is 29.8 Å². The smallest absolute Gasteiger partial charge is 0.274 e. The predicted molar refractivity (Wildman–Crippen MR) is 102 cm³/mol. The molecule has 1 atom stereocenters. The van der Waals surface area contributed by atoms with E-state index in [1.165, 1.54) is 0 Å². The standard InChI is InChI=1S/C20H24N6O2/c1-2-26-13-9-17(23-26)20(27)25-12-3-4-15(14-25)5-6-18-22-19(28-24-18)16-7-10-21-11-8-16/h7-11,13,15H,2-6,12,14H2,1H3. The Labute approximate surface area is 163 Å². The third-order valence-corrected chi connectivity index (χ3v) is 5.16. The van der Waals surface area contributed by atoms with Gasteiger partial charge in [-0.3, -0.25) is 14.5 Å². The minimum absolute atomic E-state index is 0.0245. The molecule has 1 amide bonds. The summed E-state index contributed by atoms with van der Waals surface area (Å²) in [5, 5.41) is 8.43. The van der Waals surface area contributed by atoms with Crippen LogP contribution in [0.3, 0.4) is 0 Å². The van der Waals surface area contributed by atoms with Gasteiger partial charge in [-0.15, -0.1) is 0 Å². The fourth-order valence-electron chi connectivity index (χ4n) is 3.60. The first-order valence-corrected chi connectivity index (χ1v) is 9.78. The Hall–Kier alpha value is -3.03. The fraction of sp³-hybridized carbons (Fsp3) is 0.450. The number of hydrogen-bond acceptors (Lipinski definition) is 6. The van der Waals surface area contributed by atoms with Gasteiger partial charge in [-0.25, -0.2) is 0 Å². The van der Waals surface area contributed by atoms with E-state index in [1.54, 1.807) is 23.1 Å². The zero-order valence-electron chi connectivity index (χ0n) is 16.0. The highest BCUT2D eigenvalue weighted by Gasteiger charge is 2.26. The third kappa shape index (κ3) is 4.11. The molecule has 28 heavy (non-hydrogen) atoms. The van der Waals surface area contributed by atoms with Gasteiger partial charge in [0.05, 0.1) is 0 Å². The van der Waals surface area contributed by atoms with Crippen molar-refractivity contribution in [1.29, 1.82) is 0 Å². The molecule has 3 aromatic heterocycles. The SMILES string of the molecule is CCn1ccc(C(=O)N2CCCC(CCc3noc(-c4ccncc4)n3)C2)n1. The zero-order valence-corrected chi connectivity index (χ0v) is 16.0. The number of carbonyl (C=O) groups excluding carboxylic acids is 1. The van der Waals surface area contributed by atoms with E-state index in [2.05, 4.69) is 20.2 Å². The van der Waals surface area contributed by atoms with Crippen molar-refractivity contribution in [3.05, 3.63) is 48.3 Å². The van der Waals surface area contributed by atoms with Gasteiger partial charge in [0, 0.05) is 50.2 Å². The normalized spacial score (nSPS) is 17.0. The number of hydrogen-bond donors (Lipinski definition) is 0. The van der Waals surface area contributed by atoms with Crippen molar-refractivity contribution in [2.75, 3.05) is 13.1 Å². The highest BCUT2D eigenvalue weighted by Crippen LogP contribution is 2.23. The molecule has 0 N–H and O–H groups in total. The van der Waals surface area contributed by atoms with E-state index in [4.69, 9.17) is 4.52 Å². The molecule has 8 nitrogen and oxygen atoms in total. The molecular weight excluding hydrogens is 356 g/mol. The lowest BCUT2D eigenvalue weighted by Crippen LogP contribution is -2.40. The van der Waals surface area contributed by atoms with E-state index in [9.17, 15) is 4.79 Å². The van der Waals surface area contributed by atoms with Crippen LogP contribution in [0.4, 0.5) is 0 Å². The molecule has 1 unspecified atom stereocenters. The second-order valence-corrected chi connectivity index (χ2v) is 7.11. The van der Waals surface area contributed by atoms with Gasteiger partial charge in [-0.2, -0.15) is 10.1 Å². The van der Waals surface area contributed by atoms with Crippen LogP contribution in [0.5, 0.6) is 0 Å². The number of aromatic nitrogens is 5. The Morgan fingerprint density at radius 1 is 1.29 bits per heavy atom. The number of pyridine rings is 1. The van der Waals surface area contributed by atoms with Gasteiger partial charge >= 0.3 is 0 Å². The number of amides is 1. The quantitative estimate of drug-likeness (QED) is 0.653. The molecule has 4 rings (SSSR count). The molecule has 0 bridgehead atoms. The molecule has 8 heteroatoms. The number of likely N-dealkylation sites (tertiary alicyclic amines) is 1. The first-order valence-electron chi connectivity index (χ1n) is 9.78. The van der Waals surface area contributed by atoms with Crippen LogP contribution in [-0.4, -0.2) is 48.8 Å². The van der Waals surface area contributed by atoms with Gasteiger partial charge in [0.2, 0.25) is 0 Å². The molecule has 1 aliphatic heterocycles. The van der Waals surface area contributed by atoms with Gasteiger partial charge in [0.25, 0.3) is 11.8 Å². The van der Waals surface area contributed by atoms with E-state index in [0.29, 0.717) is 23.3 Å². The number of piperidine rings is 1. The van der Waals surface area contributed by atoms with Crippen molar-refractivity contribution in [2.45, 2.75) is 39.2 Å². The molecule has 0 radical (unpaired) electrons. The summed E-state index contributed by atoms with van der Waals surface area (Å²) in [5.74, 6) is 1.69. The van der Waals surface area contributed by atoms with E-state index < -0.39 is 0 Å². The van der Waals surface area contributed by atoms with Crippen molar-refractivity contribution in [3.8, 4) is 11.5 Å². The Bertz CT molecular complexity index is 920. The van der Waals surface area contributed by atoms with Crippen LogP contribution in [0.1, 0.15) is 42.5 Å². The first-order chi connectivity index (χ1) is 13.7. The first kappa shape index (κ1) is 18.3. The Morgan fingerprint density at radius 2 is 2.14 bits per heavy atom. The topological polar surface area (TPSA) is 89.9 Å². The van der Waals surface area contributed by atoms with Crippen LogP contribution < -0.4 is 0 Å². The van der Waals surface area contributed by atoms with E-state index in [0.717, 1.165) is 50.9 Å². The fourth-order valence-corrected chi connectivity index (χ4v) is 3.60. The summed E-state index contributed by atoms with van der Waals surface area (Å²) < 4.78 is 7.14. The zero-order chi connectivity index (χ0) is 19.3. The summed E-state index contributed by atoms with van der Waals surface area (Å²) in [6, 6.07) is 5.50. The van der Waals surface area contributed by atoms with Crippen LogP contribution >= 0.6 is 0 Å². The highest BCUT2D eigenvalue weighted by molar-refractivity contribution is 5.92. The lowest BCUT2D eigenvalue weighted by Gasteiger charge is -2.32. The maximum Gasteiger partial charge on any atom is 0.274 e. The van der Waals surface area contributed by atoms with E-state index in [-0.39, 0.29) is 5.91 Å². The summed E-state index contributed by atoms with van der Waals surface area (Å²) in [6.45, 7) is 4.33.